The molecule has 2 aliphatic heterocycles. The van der Waals surface area contributed by atoms with E-state index in [4.69, 9.17) is 21.1 Å². The molecule has 1 aromatic rings. The molecule has 0 aromatic heterocycles. The smallest absolute Gasteiger partial charge is 0.408 e. The Bertz CT molecular complexity index is 980. The van der Waals surface area contributed by atoms with Crippen LogP contribution < -0.4 is 10.2 Å². The van der Waals surface area contributed by atoms with Gasteiger partial charge < -0.3 is 19.7 Å². The van der Waals surface area contributed by atoms with E-state index in [0.717, 1.165) is 0 Å². The van der Waals surface area contributed by atoms with Crippen LogP contribution in [0.2, 0.25) is 5.02 Å². The van der Waals surface area contributed by atoms with E-state index in [1.165, 1.54) is 23.1 Å². The van der Waals surface area contributed by atoms with Crippen molar-refractivity contribution in [1.29, 1.82) is 0 Å². The molecule has 0 aliphatic carbocycles. The van der Waals surface area contributed by atoms with Crippen LogP contribution >= 0.6 is 11.6 Å². The number of rotatable bonds is 6. The molecule has 2 saturated heterocycles. The van der Waals surface area contributed by atoms with Gasteiger partial charge in [0.2, 0.25) is 5.91 Å². The van der Waals surface area contributed by atoms with Crippen molar-refractivity contribution in [2.75, 3.05) is 24.5 Å². The summed E-state index contributed by atoms with van der Waals surface area (Å²) >= 11 is 6.26. The van der Waals surface area contributed by atoms with Crippen LogP contribution in [0.15, 0.2) is 18.2 Å². The molecule has 3 atom stereocenters. The second-order valence-corrected chi connectivity index (χ2v) is 11.2. The summed E-state index contributed by atoms with van der Waals surface area (Å²) in [5, 5.41) is 3.15. The number of anilines is 1. The van der Waals surface area contributed by atoms with E-state index in [-0.39, 0.29) is 42.5 Å². The Balaban J connectivity index is 1.81. The normalized spacial score (nSPS) is 23.7. The number of carbonyl (C=O) groups is 3. The van der Waals surface area contributed by atoms with Gasteiger partial charge in [-0.3, -0.25) is 14.5 Å². The highest BCUT2D eigenvalue weighted by Gasteiger charge is 2.44. The molecule has 194 valence electrons. The van der Waals surface area contributed by atoms with Gasteiger partial charge in [0.05, 0.1) is 29.2 Å². The van der Waals surface area contributed by atoms with Crippen LogP contribution in [-0.2, 0) is 19.1 Å². The van der Waals surface area contributed by atoms with Gasteiger partial charge >= 0.3 is 12.1 Å². The first-order chi connectivity index (χ1) is 16.2. The summed E-state index contributed by atoms with van der Waals surface area (Å²) in [6.45, 7) is 11.7. The molecule has 10 heteroatoms. The van der Waals surface area contributed by atoms with Crippen molar-refractivity contribution in [3.8, 4) is 0 Å². The van der Waals surface area contributed by atoms with Crippen LogP contribution in [0.3, 0.4) is 0 Å². The number of cyclic esters (lactones) is 1. The Morgan fingerprint density at radius 1 is 1.34 bits per heavy atom. The Morgan fingerprint density at radius 2 is 2.03 bits per heavy atom. The van der Waals surface area contributed by atoms with Gasteiger partial charge in [0.15, 0.2) is 0 Å². The van der Waals surface area contributed by atoms with Crippen LogP contribution in [0.4, 0.5) is 14.9 Å². The minimum absolute atomic E-state index is 0.0181. The van der Waals surface area contributed by atoms with Crippen LogP contribution in [-0.4, -0.2) is 65.8 Å². The van der Waals surface area contributed by atoms with E-state index in [2.05, 4.69) is 5.32 Å². The number of hydrogen-bond acceptors (Lipinski definition) is 6. The van der Waals surface area contributed by atoms with Crippen molar-refractivity contribution in [3.05, 3.63) is 29.0 Å². The zero-order chi connectivity index (χ0) is 26.1. The monoisotopic (exact) mass is 511 g/mol. The Labute approximate surface area is 211 Å². The molecule has 0 radical (unpaired) electrons. The van der Waals surface area contributed by atoms with E-state index in [0.29, 0.717) is 18.5 Å². The lowest BCUT2D eigenvalue weighted by atomic mass is 9.94. The summed E-state index contributed by atoms with van der Waals surface area (Å²) < 4.78 is 24.9. The van der Waals surface area contributed by atoms with E-state index in [1.54, 1.807) is 20.8 Å². The predicted molar refractivity (Wildman–Crippen MR) is 131 cm³/mol. The SMILES string of the molecule is CC[C@@H]1C[C@@H]([C@H](CN2CC(=O)N(c3cc(F)ccc3Cl)CC2(C)C)NC(=O)OC(C)(C)C)OC1=O. The van der Waals surface area contributed by atoms with Gasteiger partial charge in [-0.05, 0) is 65.7 Å². The second kappa shape index (κ2) is 10.3. The van der Waals surface area contributed by atoms with Crippen molar-refractivity contribution in [2.24, 2.45) is 5.92 Å². The van der Waals surface area contributed by atoms with Gasteiger partial charge in [0.1, 0.15) is 17.5 Å². The Morgan fingerprint density at radius 3 is 2.63 bits per heavy atom. The topological polar surface area (TPSA) is 88.2 Å². The average Bonchev–Trinajstić information content (AvgIpc) is 3.11. The molecule has 2 heterocycles. The highest BCUT2D eigenvalue weighted by Crippen LogP contribution is 2.33. The molecular formula is C25H35ClFN3O5. The standard InChI is InChI=1S/C25H35ClFN3O5/c1-7-15-10-20(34-22(15)32)18(28-23(33)35-24(2,3)4)12-29-13-21(31)30(14-25(29,5)6)19-11-16(27)8-9-17(19)26/h8-9,11,15,18,20H,7,10,12-14H2,1-6H3,(H,28,33)/t15-,18+,20+/m1/s1. The maximum Gasteiger partial charge on any atom is 0.408 e. The first kappa shape index (κ1) is 27.2. The van der Waals surface area contributed by atoms with Crippen LogP contribution in [0.5, 0.6) is 0 Å². The third-order valence-corrected chi connectivity index (χ3v) is 6.73. The summed E-state index contributed by atoms with van der Waals surface area (Å²) in [5.41, 5.74) is -0.925. The summed E-state index contributed by atoms with van der Waals surface area (Å²) in [4.78, 5) is 41.4. The number of benzene rings is 1. The van der Waals surface area contributed by atoms with Gasteiger partial charge in [-0.1, -0.05) is 18.5 Å². The largest absolute Gasteiger partial charge is 0.460 e. The molecule has 2 aliphatic rings. The lowest BCUT2D eigenvalue weighted by Gasteiger charge is -2.48. The van der Waals surface area contributed by atoms with E-state index in [1.807, 2.05) is 25.7 Å². The molecule has 0 saturated carbocycles. The van der Waals surface area contributed by atoms with Gasteiger partial charge in [-0.15, -0.1) is 0 Å². The number of hydrogen-bond donors (Lipinski definition) is 1. The summed E-state index contributed by atoms with van der Waals surface area (Å²) in [6, 6.07) is 3.35. The van der Waals surface area contributed by atoms with Crippen molar-refractivity contribution in [2.45, 2.75) is 77.7 Å². The zero-order valence-electron chi connectivity index (χ0n) is 21.2. The number of nitrogens with zero attached hydrogens (tertiary/aromatic N) is 2. The Kier molecular flexibility index (Phi) is 8.01. The highest BCUT2D eigenvalue weighted by atomic mass is 35.5. The van der Waals surface area contributed by atoms with E-state index < -0.39 is 35.2 Å². The van der Waals surface area contributed by atoms with Gasteiger partial charge in [0, 0.05) is 18.6 Å². The molecule has 0 spiro atoms. The number of piperazine rings is 1. The molecule has 8 nitrogen and oxygen atoms in total. The molecule has 2 amide bonds. The lowest BCUT2D eigenvalue weighted by molar-refractivity contribution is -0.145. The fraction of sp³-hybridized carbons (Fsp3) is 0.640. The van der Waals surface area contributed by atoms with Crippen molar-refractivity contribution in [1.82, 2.24) is 10.2 Å². The quantitative estimate of drug-likeness (QED) is 0.577. The number of ether oxygens (including phenoxy) is 2. The second-order valence-electron chi connectivity index (χ2n) is 10.8. The number of halogens is 2. The molecule has 35 heavy (non-hydrogen) atoms. The van der Waals surface area contributed by atoms with Crippen molar-refractivity contribution >= 4 is 35.3 Å². The number of alkyl carbamates (subject to hydrolysis) is 1. The maximum atomic E-state index is 13.9. The first-order valence-corrected chi connectivity index (χ1v) is 12.3. The van der Waals surface area contributed by atoms with Crippen LogP contribution in [0.25, 0.3) is 0 Å². The molecule has 3 rings (SSSR count). The highest BCUT2D eigenvalue weighted by molar-refractivity contribution is 6.33. The molecule has 1 N–H and O–H groups in total. The first-order valence-electron chi connectivity index (χ1n) is 11.9. The number of carbonyl (C=O) groups excluding carboxylic acids is 3. The predicted octanol–water partition coefficient (Wildman–Crippen LogP) is 4.14. The van der Waals surface area contributed by atoms with Gasteiger partial charge in [-0.2, -0.15) is 0 Å². The van der Waals surface area contributed by atoms with Crippen molar-refractivity contribution in [3.63, 3.8) is 0 Å². The van der Waals surface area contributed by atoms with Gasteiger partial charge in [-0.25, -0.2) is 9.18 Å². The molecular weight excluding hydrogens is 477 g/mol. The van der Waals surface area contributed by atoms with Crippen LogP contribution in [0, 0.1) is 11.7 Å². The third kappa shape index (κ3) is 6.64. The minimum atomic E-state index is -0.696. The maximum absolute atomic E-state index is 13.9. The lowest BCUT2D eigenvalue weighted by Crippen LogP contribution is -2.65. The molecule has 0 bridgehead atoms. The van der Waals surface area contributed by atoms with Crippen LogP contribution in [0.1, 0.15) is 54.4 Å². The molecule has 2 fully saturated rings. The number of esters is 1. The fourth-order valence-electron chi connectivity index (χ4n) is 4.46. The van der Waals surface area contributed by atoms with E-state index >= 15 is 0 Å². The van der Waals surface area contributed by atoms with E-state index in [9.17, 15) is 18.8 Å². The summed E-state index contributed by atoms with van der Waals surface area (Å²) in [5.74, 6) is -1.24. The Hall–Kier alpha value is -2.39. The average molecular weight is 512 g/mol. The molecule has 0 unspecified atom stereocenters. The van der Waals surface area contributed by atoms with Gasteiger partial charge in [0.25, 0.3) is 0 Å². The summed E-state index contributed by atoms with van der Waals surface area (Å²) in [6.07, 6.45) is -0.0384. The fourth-order valence-corrected chi connectivity index (χ4v) is 4.68. The van der Waals surface area contributed by atoms with Crippen molar-refractivity contribution < 1.29 is 28.2 Å². The number of amides is 2. The third-order valence-electron chi connectivity index (χ3n) is 6.41. The number of nitrogens with one attached hydrogen (secondary N) is 1. The zero-order valence-corrected chi connectivity index (χ0v) is 21.9. The molecule has 1 aromatic carbocycles. The summed E-state index contributed by atoms with van der Waals surface area (Å²) in [7, 11) is 0. The minimum Gasteiger partial charge on any atom is -0.460 e.